The van der Waals surface area contributed by atoms with Gasteiger partial charge in [0, 0.05) is 39.3 Å². The zero-order chi connectivity index (χ0) is 15.7. The summed E-state index contributed by atoms with van der Waals surface area (Å²) in [5, 5.41) is 41.6. The molecule has 0 bridgehead atoms. The minimum atomic E-state index is -1.53. The van der Waals surface area contributed by atoms with E-state index < -0.39 is 50.1 Å². The number of aliphatic carboxylic acids is 4. The van der Waals surface area contributed by atoms with Crippen molar-refractivity contribution in [2.75, 3.05) is 39.3 Å². The molecule has 0 spiro atoms. The predicted molar refractivity (Wildman–Crippen MR) is 52.9 cm³/mol. The number of carbonyl (C=O) groups excluding carboxylic acids is 4. The minimum Gasteiger partial charge on any atom is -0.549 e. The second-order valence-electron chi connectivity index (χ2n) is 3.91. The maximum absolute atomic E-state index is 10.4. The van der Waals surface area contributed by atoms with E-state index in [1.807, 2.05) is 0 Å². The van der Waals surface area contributed by atoms with Crippen molar-refractivity contribution >= 4 is 23.9 Å². The van der Waals surface area contributed by atoms with Crippen LogP contribution in [0.25, 0.3) is 0 Å². The smallest absolute Gasteiger partial charge is 0.549 e. The molecule has 0 rings (SSSR count). The van der Waals surface area contributed by atoms with Crippen LogP contribution in [0.3, 0.4) is 0 Å². The van der Waals surface area contributed by atoms with Gasteiger partial charge in [-0.25, -0.2) is 0 Å². The molecule has 0 N–H and O–H groups in total. The fourth-order valence-corrected chi connectivity index (χ4v) is 1.44. The van der Waals surface area contributed by atoms with E-state index in [4.69, 9.17) is 0 Å². The van der Waals surface area contributed by atoms with Crippen LogP contribution in [-0.2, 0) is 38.7 Å². The molecule has 0 atom stereocenters. The molecule has 0 fully saturated rings. The Morgan fingerprint density at radius 1 is 0.571 bits per heavy atom. The van der Waals surface area contributed by atoms with Crippen molar-refractivity contribution in [2.24, 2.45) is 0 Å². The average molecular weight is 354 g/mol. The Labute approximate surface area is 132 Å². The zero-order valence-corrected chi connectivity index (χ0v) is 14.1. The van der Waals surface area contributed by atoms with Crippen molar-refractivity contribution in [3.8, 4) is 0 Å². The van der Waals surface area contributed by atoms with Gasteiger partial charge >= 0.3 is 19.5 Å². The summed E-state index contributed by atoms with van der Waals surface area (Å²) in [7, 11) is 0. The molecule has 0 aromatic carbocycles. The van der Waals surface area contributed by atoms with E-state index in [0.29, 0.717) is 0 Å². The summed E-state index contributed by atoms with van der Waals surface area (Å²) in [4.78, 5) is 43.4. The van der Waals surface area contributed by atoms with E-state index in [1.54, 1.807) is 0 Å². The summed E-state index contributed by atoms with van der Waals surface area (Å²) in [6.07, 6.45) is 0. The second-order valence-corrected chi connectivity index (χ2v) is 3.91. The summed E-state index contributed by atoms with van der Waals surface area (Å²) in [6, 6.07) is 0. The van der Waals surface area contributed by atoms with Crippen LogP contribution in [-0.4, -0.2) is 72.9 Å². The van der Waals surface area contributed by atoms with E-state index in [-0.39, 0.29) is 32.6 Å². The number of rotatable bonds is 11. The molecule has 11 heteroatoms. The maximum Gasteiger partial charge on any atom is 2.00 e. The van der Waals surface area contributed by atoms with Crippen LogP contribution in [0.2, 0.25) is 0 Å². The second kappa shape index (κ2) is 11.1. The predicted octanol–water partition coefficient (Wildman–Crippen LogP) is -7.41. The topological polar surface area (TPSA) is 167 Å². The largest absolute Gasteiger partial charge is 2.00 e. The molecule has 0 heterocycles. The summed E-state index contributed by atoms with van der Waals surface area (Å²) < 4.78 is 0. The first-order chi connectivity index (χ1) is 9.20. The summed E-state index contributed by atoms with van der Waals surface area (Å²) >= 11 is 0. The molecule has 114 valence electrons. The summed E-state index contributed by atoms with van der Waals surface area (Å²) in [5.74, 6) is -6.12. The van der Waals surface area contributed by atoms with Gasteiger partial charge in [0.25, 0.3) is 0 Å². The maximum atomic E-state index is 10.4. The zero-order valence-electron chi connectivity index (χ0n) is 11.1. The molecule has 21 heavy (non-hydrogen) atoms. The molecule has 0 aliphatic heterocycles. The molecule has 0 amide bonds. The first kappa shape index (κ1) is 21.7. The Morgan fingerprint density at radius 3 is 0.905 bits per heavy atom. The third-order valence-corrected chi connectivity index (χ3v) is 2.14. The van der Waals surface area contributed by atoms with Gasteiger partial charge in [-0.2, -0.15) is 0 Å². The van der Waals surface area contributed by atoms with E-state index in [2.05, 4.69) is 0 Å². The fourth-order valence-electron chi connectivity index (χ4n) is 1.44. The van der Waals surface area contributed by atoms with E-state index in [1.165, 1.54) is 0 Å². The van der Waals surface area contributed by atoms with E-state index >= 15 is 0 Å². The molecular weight excluding hydrogens is 342 g/mol. The quantitative estimate of drug-likeness (QED) is 0.325. The van der Waals surface area contributed by atoms with Gasteiger partial charge in [0.15, 0.2) is 0 Å². The molecule has 0 aromatic rings. The Bertz CT molecular complexity index is 321. The van der Waals surface area contributed by atoms with Crippen LogP contribution in [0, 0.1) is 0 Å². The average Bonchev–Trinajstić information content (AvgIpc) is 2.22. The number of carboxylic acid groups (broad SMARTS) is 4. The Kier molecular flexibility index (Phi) is 11.5. The van der Waals surface area contributed by atoms with Crippen LogP contribution >= 0.6 is 0 Å². The van der Waals surface area contributed by atoms with Gasteiger partial charge in [0.2, 0.25) is 0 Å². The van der Waals surface area contributed by atoms with Gasteiger partial charge in [-0.15, -0.1) is 0 Å². The molecule has 0 saturated carbocycles. The first-order valence-corrected chi connectivity index (χ1v) is 5.44. The standard InChI is InChI=1S/C10H16N2O8.Zn/c13-7(14)3-11(4-8(15)16)1-2-12(5-9(17)18)6-10(19)20;/h1-6H2,(H,13,14)(H,15,16)(H,17,18)(H,19,20);/q;+2/p-4. The molecule has 0 aliphatic rings. The summed E-state index contributed by atoms with van der Waals surface area (Å²) in [6.45, 7) is -3.25. The molecule has 0 unspecified atom stereocenters. The SMILES string of the molecule is O=C([O-])CN(CCN(CC(=O)[O-])CC(=O)[O-])CC(=O)[O-].[Zn+2]. The van der Waals surface area contributed by atoms with Gasteiger partial charge in [0.1, 0.15) is 0 Å². The van der Waals surface area contributed by atoms with Crippen molar-refractivity contribution in [2.45, 2.75) is 0 Å². The molecule has 0 aliphatic carbocycles. The third-order valence-electron chi connectivity index (χ3n) is 2.14. The van der Waals surface area contributed by atoms with Crippen molar-refractivity contribution < 1.29 is 59.1 Å². The van der Waals surface area contributed by atoms with Crippen molar-refractivity contribution in [3.05, 3.63) is 0 Å². The monoisotopic (exact) mass is 352 g/mol. The molecule has 0 aromatic heterocycles. The van der Waals surface area contributed by atoms with Crippen LogP contribution < -0.4 is 20.4 Å². The van der Waals surface area contributed by atoms with Crippen molar-refractivity contribution in [1.82, 2.24) is 9.80 Å². The van der Waals surface area contributed by atoms with Crippen LogP contribution in [0.1, 0.15) is 0 Å². The molecule has 0 saturated heterocycles. The van der Waals surface area contributed by atoms with Crippen LogP contribution in [0.4, 0.5) is 0 Å². The molecular formula is C10H12N2O8Zn-2. The third kappa shape index (κ3) is 13.2. The Morgan fingerprint density at radius 2 is 0.762 bits per heavy atom. The number of carboxylic acids is 4. The molecule has 10 nitrogen and oxygen atoms in total. The van der Waals surface area contributed by atoms with Gasteiger partial charge in [-0.3, -0.25) is 9.80 Å². The fraction of sp³-hybridized carbons (Fsp3) is 0.600. The number of nitrogens with zero attached hydrogens (tertiary/aromatic N) is 2. The summed E-state index contributed by atoms with van der Waals surface area (Å²) in [5.41, 5.74) is 0. The van der Waals surface area contributed by atoms with Gasteiger partial charge in [-0.05, 0) is 0 Å². The van der Waals surface area contributed by atoms with Gasteiger partial charge in [-0.1, -0.05) is 0 Å². The Hall–Kier alpha value is -1.58. The normalized spacial score (nSPS) is 10.2. The first-order valence-electron chi connectivity index (χ1n) is 5.44. The van der Waals surface area contributed by atoms with Crippen LogP contribution in [0.15, 0.2) is 0 Å². The van der Waals surface area contributed by atoms with E-state index in [9.17, 15) is 39.6 Å². The Balaban J connectivity index is 0. The molecule has 0 radical (unpaired) electrons. The number of hydrogen-bond donors (Lipinski definition) is 0. The van der Waals surface area contributed by atoms with Crippen LogP contribution in [0.5, 0.6) is 0 Å². The number of carbonyl (C=O) groups is 4. The van der Waals surface area contributed by atoms with Gasteiger partial charge < -0.3 is 39.6 Å². The number of hydrogen-bond acceptors (Lipinski definition) is 10. The minimum absolute atomic E-state index is 0. The van der Waals surface area contributed by atoms with Crippen molar-refractivity contribution in [1.29, 1.82) is 0 Å². The van der Waals surface area contributed by atoms with Crippen molar-refractivity contribution in [3.63, 3.8) is 0 Å². The van der Waals surface area contributed by atoms with E-state index in [0.717, 1.165) is 9.80 Å². The van der Waals surface area contributed by atoms with Gasteiger partial charge in [0.05, 0.1) is 23.9 Å².